The highest BCUT2D eigenvalue weighted by molar-refractivity contribution is 14.1. The lowest BCUT2D eigenvalue weighted by Gasteiger charge is -1.67. The Morgan fingerprint density at radius 1 is 2.00 bits per heavy atom. The summed E-state index contributed by atoms with van der Waals surface area (Å²) in [6.07, 6.45) is 0. The van der Waals surface area contributed by atoms with E-state index in [-0.39, 0.29) is 0 Å². The molecule has 4 heavy (non-hydrogen) atoms. The summed E-state index contributed by atoms with van der Waals surface area (Å²) < 4.78 is 0.942. The molecular formula is C2H5IN. The van der Waals surface area contributed by atoms with Crippen LogP contribution in [0.4, 0.5) is 0 Å². The highest BCUT2D eigenvalue weighted by atomic mass is 127. The summed E-state index contributed by atoms with van der Waals surface area (Å²) in [5.74, 6) is 0. The third-order valence-corrected chi connectivity index (χ3v) is 0.598. The molecule has 0 aromatic carbocycles. The van der Waals surface area contributed by atoms with Gasteiger partial charge in [-0.3, -0.25) is 0 Å². The molecule has 0 aliphatic rings. The average molecular weight is 170 g/mol. The minimum atomic E-state index is 0.942. The van der Waals surface area contributed by atoms with Crippen molar-refractivity contribution in [3.8, 4) is 0 Å². The van der Waals surface area contributed by atoms with E-state index in [0.717, 1.165) is 4.43 Å². The molecule has 0 atom stereocenters. The van der Waals surface area contributed by atoms with Gasteiger partial charge >= 0.3 is 0 Å². The standard InChI is InChI=1S/C2H5IN/c3-1-2-4/h2H,1,4H2. The summed E-state index contributed by atoms with van der Waals surface area (Å²) in [4.78, 5) is 0. The number of alkyl halides is 1. The van der Waals surface area contributed by atoms with Crippen molar-refractivity contribution in [3.63, 3.8) is 0 Å². The average Bonchev–Trinajstić information content (AvgIpc) is 1.37. The van der Waals surface area contributed by atoms with Gasteiger partial charge in [0.1, 0.15) is 0 Å². The molecule has 0 amide bonds. The van der Waals surface area contributed by atoms with Gasteiger partial charge in [-0.05, 0) is 0 Å². The predicted molar refractivity (Wildman–Crippen MR) is 27.4 cm³/mol. The van der Waals surface area contributed by atoms with E-state index < -0.39 is 0 Å². The van der Waals surface area contributed by atoms with E-state index in [9.17, 15) is 0 Å². The Morgan fingerprint density at radius 3 is 2.25 bits per heavy atom. The first kappa shape index (κ1) is 4.69. The van der Waals surface area contributed by atoms with Crippen LogP contribution in [0.2, 0.25) is 0 Å². The predicted octanol–water partition coefficient (Wildman–Crippen LogP) is 0.542. The molecule has 2 heteroatoms. The second-order valence-corrected chi connectivity index (χ2v) is 1.27. The molecule has 0 aliphatic carbocycles. The lowest BCUT2D eigenvalue weighted by Crippen LogP contribution is -1.87. The van der Waals surface area contributed by atoms with E-state index in [1.54, 1.807) is 6.54 Å². The minimum absolute atomic E-state index is 0.942. The number of rotatable bonds is 1. The summed E-state index contributed by atoms with van der Waals surface area (Å²) >= 11 is 2.17. The molecule has 2 N–H and O–H groups in total. The van der Waals surface area contributed by atoms with Crippen molar-refractivity contribution in [3.05, 3.63) is 6.54 Å². The van der Waals surface area contributed by atoms with E-state index >= 15 is 0 Å². The topological polar surface area (TPSA) is 26.0 Å². The lowest BCUT2D eigenvalue weighted by atomic mass is 10.8. The van der Waals surface area contributed by atoms with Crippen LogP contribution < -0.4 is 5.73 Å². The van der Waals surface area contributed by atoms with Crippen molar-refractivity contribution in [2.45, 2.75) is 0 Å². The van der Waals surface area contributed by atoms with Crippen LogP contribution in [0.25, 0.3) is 0 Å². The first-order valence-electron chi connectivity index (χ1n) is 1.01. The van der Waals surface area contributed by atoms with Gasteiger partial charge in [0.15, 0.2) is 0 Å². The molecule has 1 nitrogen and oxygen atoms in total. The maximum atomic E-state index is 4.90. The van der Waals surface area contributed by atoms with Crippen LogP contribution in [-0.2, 0) is 0 Å². The van der Waals surface area contributed by atoms with E-state index in [1.807, 2.05) is 0 Å². The van der Waals surface area contributed by atoms with Crippen molar-refractivity contribution < 1.29 is 0 Å². The monoisotopic (exact) mass is 170 g/mol. The number of hydrogen-bond acceptors (Lipinski definition) is 1. The summed E-state index contributed by atoms with van der Waals surface area (Å²) in [5, 5.41) is 0. The Kier molecular flexibility index (Phi) is 4.33. The third-order valence-electron chi connectivity index (χ3n) is 0.0891. The second-order valence-electron chi connectivity index (χ2n) is 0.390. The van der Waals surface area contributed by atoms with Crippen LogP contribution in [0.3, 0.4) is 0 Å². The molecule has 0 fully saturated rings. The van der Waals surface area contributed by atoms with Gasteiger partial charge in [-0.2, -0.15) is 0 Å². The summed E-state index contributed by atoms with van der Waals surface area (Å²) in [5.41, 5.74) is 4.90. The van der Waals surface area contributed by atoms with Gasteiger partial charge in [0.2, 0.25) is 0 Å². The first-order chi connectivity index (χ1) is 1.91. The molecule has 0 heterocycles. The summed E-state index contributed by atoms with van der Waals surface area (Å²) in [7, 11) is 0. The first-order valence-corrected chi connectivity index (χ1v) is 2.53. The fraction of sp³-hybridized carbons (Fsp3) is 0.500. The Hall–Kier alpha value is 0.690. The highest BCUT2D eigenvalue weighted by Crippen LogP contribution is 1.74. The van der Waals surface area contributed by atoms with Crippen LogP contribution >= 0.6 is 22.6 Å². The molecule has 0 rings (SSSR count). The Bertz CT molecular complexity index is 8.00. The molecule has 0 aromatic heterocycles. The molecule has 1 radical (unpaired) electrons. The lowest BCUT2D eigenvalue weighted by molar-refractivity contribution is 1.37. The van der Waals surface area contributed by atoms with Gasteiger partial charge in [0.25, 0.3) is 0 Å². The molecule has 0 unspecified atom stereocenters. The number of halogens is 1. The Labute approximate surface area is 39.7 Å². The van der Waals surface area contributed by atoms with Crippen LogP contribution in [0.1, 0.15) is 0 Å². The van der Waals surface area contributed by atoms with Gasteiger partial charge in [-0.1, -0.05) is 22.6 Å². The zero-order chi connectivity index (χ0) is 3.41. The maximum Gasteiger partial charge on any atom is 0.0290 e. The van der Waals surface area contributed by atoms with Gasteiger partial charge < -0.3 is 5.73 Å². The number of hydrogen-bond donors (Lipinski definition) is 1. The smallest absolute Gasteiger partial charge is 0.0290 e. The maximum absolute atomic E-state index is 4.90. The fourth-order valence-electron chi connectivity index (χ4n) is 0. The normalized spacial score (nSPS) is 7.50. The van der Waals surface area contributed by atoms with Crippen molar-refractivity contribution in [2.24, 2.45) is 5.73 Å². The van der Waals surface area contributed by atoms with Crippen LogP contribution in [0, 0.1) is 6.54 Å². The Balaban J connectivity index is 1.97. The molecule has 0 aromatic rings. The number of nitrogens with two attached hydrogens (primary N) is 1. The van der Waals surface area contributed by atoms with Crippen LogP contribution in [0.15, 0.2) is 0 Å². The van der Waals surface area contributed by atoms with Crippen LogP contribution in [0.5, 0.6) is 0 Å². The van der Waals surface area contributed by atoms with Crippen molar-refractivity contribution >= 4 is 22.6 Å². The van der Waals surface area contributed by atoms with Gasteiger partial charge in [-0.15, -0.1) is 0 Å². The zero-order valence-corrected chi connectivity index (χ0v) is 4.40. The molecule has 0 spiro atoms. The Morgan fingerprint density at radius 2 is 2.25 bits per heavy atom. The van der Waals surface area contributed by atoms with E-state index in [1.165, 1.54) is 0 Å². The van der Waals surface area contributed by atoms with E-state index in [0.29, 0.717) is 0 Å². The molecule has 0 saturated carbocycles. The van der Waals surface area contributed by atoms with Gasteiger partial charge in [-0.25, -0.2) is 0 Å². The van der Waals surface area contributed by atoms with Crippen molar-refractivity contribution in [2.75, 3.05) is 4.43 Å². The molecular weight excluding hydrogens is 165 g/mol. The highest BCUT2D eigenvalue weighted by Gasteiger charge is 1.59. The van der Waals surface area contributed by atoms with Crippen LogP contribution in [-0.4, -0.2) is 4.43 Å². The zero-order valence-electron chi connectivity index (χ0n) is 2.24. The minimum Gasteiger partial charge on any atom is -0.326 e. The van der Waals surface area contributed by atoms with E-state index in [4.69, 9.17) is 5.73 Å². The molecule has 0 saturated heterocycles. The SMILES string of the molecule is N[CH]CI. The van der Waals surface area contributed by atoms with Crippen molar-refractivity contribution in [1.29, 1.82) is 0 Å². The van der Waals surface area contributed by atoms with Gasteiger partial charge in [0.05, 0.1) is 0 Å². The second kappa shape index (κ2) is 3.69. The fourth-order valence-corrected chi connectivity index (χ4v) is 0. The van der Waals surface area contributed by atoms with E-state index in [2.05, 4.69) is 22.6 Å². The third kappa shape index (κ3) is 2.69. The summed E-state index contributed by atoms with van der Waals surface area (Å²) in [6, 6.07) is 0. The molecule has 0 aliphatic heterocycles. The summed E-state index contributed by atoms with van der Waals surface area (Å²) in [6.45, 7) is 1.61. The quantitative estimate of drug-likeness (QED) is 0.451. The van der Waals surface area contributed by atoms with Gasteiger partial charge in [0, 0.05) is 11.0 Å². The largest absolute Gasteiger partial charge is 0.326 e. The molecule has 0 bridgehead atoms. The molecule has 25 valence electrons. The van der Waals surface area contributed by atoms with Crippen molar-refractivity contribution in [1.82, 2.24) is 0 Å².